The van der Waals surface area contributed by atoms with Crippen LogP contribution in [0.25, 0.3) is 0 Å². The lowest BCUT2D eigenvalue weighted by Crippen LogP contribution is -2.17. The summed E-state index contributed by atoms with van der Waals surface area (Å²) in [7, 11) is 4.05. The zero-order valence-electron chi connectivity index (χ0n) is 12.5. The molecule has 0 amide bonds. The number of anilines is 3. The third-order valence-electron chi connectivity index (χ3n) is 2.82. The maximum Gasteiger partial charge on any atom is 0.244 e. The maximum atomic E-state index is 13.1. The van der Waals surface area contributed by atoms with Gasteiger partial charge in [0, 0.05) is 12.2 Å². The van der Waals surface area contributed by atoms with Crippen molar-refractivity contribution in [2.24, 2.45) is 0 Å². The molecule has 0 fully saturated rings. The second kappa shape index (κ2) is 7.86. The van der Waals surface area contributed by atoms with Crippen molar-refractivity contribution in [1.29, 1.82) is 0 Å². The Bertz CT molecular complexity index is 622. The molecule has 8 heteroatoms. The van der Waals surface area contributed by atoms with Gasteiger partial charge in [-0.05, 0) is 45.3 Å². The van der Waals surface area contributed by atoms with Gasteiger partial charge >= 0.3 is 0 Å². The average Bonchev–Trinajstić information content (AvgIpc) is 2.48. The molecule has 0 unspecified atom stereocenters. The monoisotopic (exact) mass is 324 g/mol. The van der Waals surface area contributed by atoms with Crippen LogP contribution in [0.5, 0.6) is 0 Å². The van der Waals surface area contributed by atoms with Crippen LogP contribution in [0.2, 0.25) is 5.02 Å². The first-order chi connectivity index (χ1) is 10.5. The summed E-state index contributed by atoms with van der Waals surface area (Å²) in [5.74, 6) is 0.487. The minimum Gasteiger partial charge on any atom is -0.353 e. The second-order valence-electron chi connectivity index (χ2n) is 5.00. The van der Waals surface area contributed by atoms with Crippen LogP contribution in [-0.2, 0) is 0 Å². The molecule has 6 nitrogen and oxygen atoms in total. The SMILES string of the molecule is CN(C)CCCNc1nncc(Nc2ccc(F)c(Cl)c2)n1. The van der Waals surface area contributed by atoms with E-state index in [-0.39, 0.29) is 5.02 Å². The molecule has 1 aromatic carbocycles. The van der Waals surface area contributed by atoms with Crippen LogP contribution in [0.3, 0.4) is 0 Å². The predicted octanol–water partition coefficient (Wildman–Crippen LogP) is 2.77. The van der Waals surface area contributed by atoms with Crippen molar-refractivity contribution >= 4 is 29.1 Å². The lowest BCUT2D eigenvalue weighted by atomic mass is 10.3. The Morgan fingerprint density at radius 2 is 2.14 bits per heavy atom. The third-order valence-corrected chi connectivity index (χ3v) is 3.11. The molecular weight excluding hydrogens is 307 g/mol. The molecule has 0 spiro atoms. The van der Waals surface area contributed by atoms with Gasteiger partial charge in [-0.3, -0.25) is 0 Å². The quantitative estimate of drug-likeness (QED) is 0.763. The molecule has 0 aliphatic heterocycles. The van der Waals surface area contributed by atoms with Gasteiger partial charge in [-0.1, -0.05) is 11.6 Å². The van der Waals surface area contributed by atoms with Gasteiger partial charge in [-0.25, -0.2) is 4.39 Å². The highest BCUT2D eigenvalue weighted by atomic mass is 35.5. The molecule has 0 radical (unpaired) electrons. The van der Waals surface area contributed by atoms with Gasteiger partial charge in [-0.2, -0.15) is 10.1 Å². The largest absolute Gasteiger partial charge is 0.353 e. The van der Waals surface area contributed by atoms with Crippen molar-refractivity contribution in [1.82, 2.24) is 20.1 Å². The number of nitrogens with one attached hydrogen (secondary N) is 2. The summed E-state index contributed by atoms with van der Waals surface area (Å²) in [5, 5.41) is 14.0. The molecule has 0 saturated carbocycles. The highest BCUT2D eigenvalue weighted by Gasteiger charge is 2.04. The summed E-state index contributed by atoms with van der Waals surface area (Å²) in [6.07, 6.45) is 2.46. The molecule has 1 aromatic heterocycles. The first kappa shape index (κ1) is 16.4. The van der Waals surface area contributed by atoms with Crippen LogP contribution in [-0.4, -0.2) is 47.3 Å². The zero-order valence-corrected chi connectivity index (χ0v) is 13.2. The van der Waals surface area contributed by atoms with Gasteiger partial charge in [0.15, 0.2) is 5.82 Å². The third kappa shape index (κ3) is 5.09. The van der Waals surface area contributed by atoms with E-state index in [1.165, 1.54) is 18.3 Å². The summed E-state index contributed by atoms with van der Waals surface area (Å²) >= 11 is 5.74. The number of hydrogen-bond acceptors (Lipinski definition) is 6. The van der Waals surface area contributed by atoms with Crippen molar-refractivity contribution in [2.75, 3.05) is 37.8 Å². The Morgan fingerprint density at radius 3 is 2.86 bits per heavy atom. The summed E-state index contributed by atoms with van der Waals surface area (Å²) < 4.78 is 13.1. The maximum absolute atomic E-state index is 13.1. The van der Waals surface area contributed by atoms with E-state index in [0.29, 0.717) is 17.5 Å². The van der Waals surface area contributed by atoms with Gasteiger partial charge in [0.1, 0.15) is 5.82 Å². The van der Waals surface area contributed by atoms with Gasteiger partial charge in [-0.15, -0.1) is 5.10 Å². The van der Waals surface area contributed by atoms with Gasteiger partial charge in [0.05, 0.1) is 11.2 Å². The van der Waals surface area contributed by atoms with E-state index in [2.05, 4.69) is 30.7 Å². The van der Waals surface area contributed by atoms with Crippen molar-refractivity contribution in [2.45, 2.75) is 6.42 Å². The van der Waals surface area contributed by atoms with Crippen LogP contribution in [0.15, 0.2) is 24.4 Å². The summed E-state index contributed by atoms with van der Waals surface area (Å²) in [6.45, 7) is 1.73. The van der Waals surface area contributed by atoms with E-state index >= 15 is 0 Å². The molecule has 0 saturated heterocycles. The molecule has 22 heavy (non-hydrogen) atoms. The second-order valence-corrected chi connectivity index (χ2v) is 5.41. The van der Waals surface area contributed by atoms with Crippen LogP contribution in [0.4, 0.5) is 21.8 Å². The van der Waals surface area contributed by atoms with Crippen LogP contribution >= 0.6 is 11.6 Å². The van der Waals surface area contributed by atoms with E-state index in [9.17, 15) is 4.39 Å². The Morgan fingerprint density at radius 1 is 1.32 bits per heavy atom. The first-order valence-corrected chi connectivity index (χ1v) is 7.23. The predicted molar refractivity (Wildman–Crippen MR) is 86.2 cm³/mol. The van der Waals surface area contributed by atoms with Gasteiger partial charge in [0.25, 0.3) is 0 Å². The average molecular weight is 325 g/mol. The molecular formula is C14H18ClFN6. The minimum absolute atomic E-state index is 0.0500. The van der Waals surface area contributed by atoms with Crippen LogP contribution in [0, 0.1) is 5.82 Å². The smallest absolute Gasteiger partial charge is 0.244 e. The number of halogens is 2. The fourth-order valence-electron chi connectivity index (χ4n) is 1.76. The number of benzene rings is 1. The first-order valence-electron chi connectivity index (χ1n) is 6.85. The molecule has 2 rings (SSSR count). The topological polar surface area (TPSA) is 66.0 Å². The van der Waals surface area contributed by atoms with Crippen LogP contribution < -0.4 is 10.6 Å². The lowest BCUT2D eigenvalue weighted by molar-refractivity contribution is 0.405. The molecule has 2 aromatic rings. The van der Waals surface area contributed by atoms with Gasteiger partial charge in [0.2, 0.25) is 5.95 Å². The fraction of sp³-hybridized carbons (Fsp3) is 0.357. The molecule has 0 bridgehead atoms. The van der Waals surface area contributed by atoms with Crippen molar-refractivity contribution in [3.05, 3.63) is 35.2 Å². The highest BCUT2D eigenvalue weighted by Crippen LogP contribution is 2.21. The summed E-state index contributed by atoms with van der Waals surface area (Å²) in [6, 6.07) is 4.36. The molecule has 0 aliphatic rings. The summed E-state index contributed by atoms with van der Waals surface area (Å²) in [4.78, 5) is 6.40. The number of nitrogens with zero attached hydrogens (tertiary/aromatic N) is 4. The van der Waals surface area contributed by atoms with E-state index < -0.39 is 5.82 Å². The number of rotatable bonds is 7. The van der Waals surface area contributed by atoms with E-state index in [1.54, 1.807) is 6.07 Å². The summed E-state index contributed by atoms with van der Waals surface area (Å²) in [5.41, 5.74) is 0.630. The molecule has 118 valence electrons. The molecule has 1 heterocycles. The Balaban J connectivity index is 1.94. The fourth-order valence-corrected chi connectivity index (χ4v) is 1.94. The van der Waals surface area contributed by atoms with Crippen molar-refractivity contribution < 1.29 is 4.39 Å². The Labute approximate surface area is 133 Å². The van der Waals surface area contributed by atoms with E-state index in [4.69, 9.17) is 11.6 Å². The Hall–Kier alpha value is -1.99. The van der Waals surface area contributed by atoms with Crippen molar-refractivity contribution in [3.8, 4) is 0 Å². The van der Waals surface area contributed by atoms with Gasteiger partial charge < -0.3 is 15.5 Å². The van der Waals surface area contributed by atoms with Crippen molar-refractivity contribution in [3.63, 3.8) is 0 Å². The normalized spacial score (nSPS) is 10.8. The van der Waals surface area contributed by atoms with Crippen LogP contribution in [0.1, 0.15) is 6.42 Å². The number of hydrogen-bond donors (Lipinski definition) is 2. The van der Waals surface area contributed by atoms with E-state index in [0.717, 1.165) is 19.5 Å². The number of aromatic nitrogens is 3. The zero-order chi connectivity index (χ0) is 15.9. The standard InChI is InChI=1S/C14H18ClFN6/c1-22(2)7-3-6-17-14-20-13(9-18-21-14)19-10-4-5-12(16)11(15)8-10/h4-5,8-9H,3,6-7H2,1-2H3,(H2,17,19,20,21). The lowest BCUT2D eigenvalue weighted by Gasteiger charge is -2.10. The highest BCUT2D eigenvalue weighted by molar-refractivity contribution is 6.31. The molecule has 0 atom stereocenters. The van der Waals surface area contributed by atoms with E-state index in [1.807, 2.05) is 14.1 Å². The molecule has 2 N–H and O–H groups in total. The Kier molecular flexibility index (Phi) is 5.85. The minimum atomic E-state index is -0.462. The molecule has 0 aliphatic carbocycles.